The Bertz CT molecular complexity index is 776. The first-order chi connectivity index (χ1) is 13.0. The summed E-state index contributed by atoms with van der Waals surface area (Å²) in [4.78, 5) is 36.5. The molecule has 0 aliphatic carbocycles. The summed E-state index contributed by atoms with van der Waals surface area (Å²) in [6, 6.07) is 2.03. The minimum atomic E-state index is 0.0299. The number of rotatable bonds is 6. The lowest BCUT2D eigenvalue weighted by Gasteiger charge is -2.35. The van der Waals surface area contributed by atoms with Gasteiger partial charge in [-0.05, 0) is 31.5 Å². The van der Waals surface area contributed by atoms with Crippen molar-refractivity contribution in [3.05, 3.63) is 27.4 Å². The fraction of sp³-hybridized carbons (Fsp3) is 0.526. The van der Waals surface area contributed by atoms with Crippen molar-refractivity contribution in [1.29, 1.82) is 0 Å². The lowest BCUT2D eigenvalue weighted by molar-refractivity contribution is -0.133. The Kier molecular flexibility index (Phi) is 6.62. The van der Waals surface area contributed by atoms with Crippen molar-refractivity contribution in [1.82, 2.24) is 19.7 Å². The van der Waals surface area contributed by atoms with E-state index < -0.39 is 0 Å². The van der Waals surface area contributed by atoms with E-state index in [4.69, 9.17) is 0 Å². The lowest BCUT2D eigenvalue weighted by atomic mass is 10.2. The number of thiazole rings is 1. The molecule has 0 saturated carbocycles. The molecular weight excluding hydrogens is 380 g/mol. The van der Waals surface area contributed by atoms with Crippen LogP contribution < -0.4 is 0 Å². The highest BCUT2D eigenvalue weighted by molar-refractivity contribution is 7.17. The van der Waals surface area contributed by atoms with Crippen LogP contribution in [0.25, 0.3) is 10.6 Å². The van der Waals surface area contributed by atoms with Gasteiger partial charge in [0.15, 0.2) is 0 Å². The number of nitrogens with zero attached hydrogens (tertiary/aromatic N) is 4. The minimum Gasteiger partial charge on any atom is -0.338 e. The normalized spacial score (nSPS) is 14.8. The van der Waals surface area contributed by atoms with Crippen LogP contribution in [0.15, 0.2) is 16.8 Å². The van der Waals surface area contributed by atoms with Crippen molar-refractivity contribution in [3.63, 3.8) is 0 Å². The zero-order valence-electron chi connectivity index (χ0n) is 16.1. The first kappa shape index (κ1) is 20.0. The fourth-order valence-corrected chi connectivity index (χ4v) is 4.89. The quantitative estimate of drug-likeness (QED) is 0.740. The molecule has 3 rings (SSSR count). The van der Waals surface area contributed by atoms with Crippen molar-refractivity contribution >= 4 is 34.5 Å². The van der Waals surface area contributed by atoms with Crippen LogP contribution in [-0.2, 0) is 4.79 Å². The first-order valence-corrected chi connectivity index (χ1v) is 11.1. The van der Waals surface area contributed by atoms with Crippen molar-refractivity contribution in [2.24, 2.45) is 0 Å². The Hall–Kier alpha value is -1.77. The Balaban J connectivity index is 1.60. The molecule has 6 nitrogen and oxygen atoms in total. The van der Waals surface area contributed by atoms with E-state index in [1.165, 1.54) is 11.3 Å². The van der Waals surface area contributed by atoms with E-state index in [1.807, 2.05) is 33.6 Å². The SMILES string of the molecule is CCN(CC)CC(=O)N1CCN(C(=O)c2sc(-c3ccsc3)nc2C)CC1. The van der Waals surface area contributed by atoms with E-state index in [0.29, 0.717) is 37.6 Å². The third kappa shape index (κ3) is 4.56. The van der Waals surface area contributed by atoms with Gasteiger partial charge in [-0.3, -0.25) is 14.5 Å². The molecule has 0 atom stereocenters. The molecule has 0 unspecified atom stereocenters. The second kappa shape index (κ2) is 8.95. The molecule has 1 aliphatic heterocycles. The monoisotopic (exact) mass is 406 g/mol. The van der Waals surface area contributed by atoms with Crippen molar-refractivity contribution in [2.45, 2.75) is 20.8 Å². The highest BCUT2D eigenvalue weighted by Crippen LogP contribution is 2.30. The molecule has 2 amide bonds. The molecule has 0 spiro atoms. The summed E-state index contributed by atoms with van der Waals surface area (Å²) in [5.41, 5.74) is 1.85. The largest absolute Gasteiger partial charge is 0.338 e. The molecule has 0 bridgehead atoms. The molecule has 0 N–H and O–H groups in total. The van der Waals surface area contributed by atoms with Crippen LogP contribution in [0.1, 0.15) is 29.2 Å². The van der Waals surface area contributed by atoms with Gasteiger partial charge in [-0.25, -0.2) is 4.98 Å². The van der Waals surface area contributed by atoms with E-state index >= 15 is 0 Å². The summed E-state index contributed by atoms with van der Waals surface area (Å²) < 4.78 is 0. The zero-order valence-corrected chi connectivity index (χ0v) is 17.7. The predicted molar refractivity (Wildman–Crippen MR) is 110 cm³/mol. The van der Waals surface area contributed by atoms with Gasteiger partial charge >= 0.3 is 0 Å². The topological polar surface area (TPSA) is 56.8 Å². The number of aryl methyl sites for hydroxylation is 1. The summed E-state index contributed by atoms with van der Waals surface area (Å²) in [5, 5.41) is 4.96. The molecule has 27 heavy (non-hydrogen) atoms. The van der Waals surface area contributed by atoms with Crippen molar-refractivity contribution in [2.75, 3.05) is 45.8 Å². The van der Waals surface area contributed by atoms with Crippen LogP contribution in [0.2, 0.25) is 0 Å². The van der Waals surface area contributed by atoms with Gasteiger partial charge in [0.05, 0.1) is 12.2 Å². The summed E-state index contributed by atoms with van der Waals surface area (Å²) in [6.45, 7) is 10.6. The average molecular weight is 407 g/mol. The molecule has 0 aromatic carbocycles. The van der Waals surface area contributed by atoms with E-state index in [-0.39, 0.29) is 11.8 Å². The van der Waals surface area contributed by atoms with Crippen LogP contribution in [0.4, 0.5) is 0 Å². The molecule has 2 aromatic heterocycles. The number of amides is 2. The van der Waals surface area contributed by atoms with Gasteiger partial charge in [0.25, 0.3) is 5.91 Å². The average Bonchev–Trinajstić information content (AvgIpc) is 3.35. The molecule has 1 aliphatic rings. The first-order valence-electron chi connectivity index (χ1n) is 9.32. The Morgan fingerprint density at radius 2 is 1.81 bits per heavy atom. The highest BCUT2D eigenvalue weighted by Gasteiger charge is 2.27. The maximum atomic E-state index is 12.9. The molecule has 1 fully saturated rings. The third-order valence-electron chi connectivity index (χ3n) is 4.93. The Morgan fingerprint density at radius 1 is 1.15 bits per heavy atom. The molecule has 0 radical (unpaired) electrons. The van der Waals surface area contributed by atoms with E-state index in [0.717, 1.165) is 29.4 Å². The maximum absolute atomic E-state index is 12.9. The standard InChI is InChI=1S/C19H26N4O2S2/c1-4-21(5-2)12-16(24)22-7-9-23(10-8-22)19(25)17-14(3)20-18(27-17)15-6-11-26-13-15/h6,11,13H,4-5,7-10,12H2,1-3H3. The van der Waals surface area contributed by atoms with Crippen LogP contribution in [0.5, 0.6) is 0 Å². The van der Waals surface area contributed by atoms with Gasteiger partial charge in [0, 0.05) is 37.1 Å². The second-order valence-electron chi connectivity index (χ2n) is 6.58. The van der Waals surface area contributed by atoms with Gasteiger partial charge in [-0.15, -0.1) is 11.3 Å². The maximum Gasteiger partial charge on any atom is 0.265 e. The van der Waals surface area contributed by atoms with E-state index in [2.05, 4.69) is 23.7 Å². The smallest absolute Gasteiger partial charge is 0.265 e. The molecule has 146 valence electrons. The zero-order chi connectivity index (χ0) is 19.4. The van der Waals surface area contributed by atoms with Gasteiger partial charge < -0.3 is 9.80 Å². The number of carbonyl (C=O) groups excluding carboxylic acids is 2. The number of likely N-dealkylation sites (N-methyl/N-ethyl adjacent to an activating group) is 1. The van der Waals surface area contributed by atoms with Gasteiger partial charge in [0.2, 0.25) is 5.91 Å². The second-order valence-corrected chi connectivity index (χ2v) is 8.36. The molecule has 8 heteroatoms. The van der Waals surface area contributed by atoms with Crippen LogP contribution >= 0.6 is 22.7 Å². The fourth-order valence-electron chi connectivity index (χ4n) is 3.15. The van der Waals surface area contributed by atoms with E-state index in [1.54, 1.807) is 11.3 Å². The summed E-state index contributed by atoms with van der Waals surface area (Å²) in [5.74, 6) is 0.182. The predicted octanol–water partition coefficient (Wildman–Crippen LogP) is 2.81. The number of hydrogen-bond acceptors (Lipinski definition) is 6. The molecule has 3 heterocycles. The third-order valence-corrected chi connectivity index (χ3v) is 6.81. The van der Waals surface area contributed by atoms with Gasteiger partial charge in [-0.2, -0.15) is 11.3 Å². The number of aromatic nitrogens is 1. The number of carbonyl (C=O) groups is 2. The van der Waals surface area contributed by atoms with E-state index in [9.17, 15) is 9.59 Å². The van der Waals surface area contributed by atoms with Gasteiger partial charge in [0.1, 0.15) is 9.88 Å². The summed E-state index contributed by atoms with van der Waals surface area (Å²) in [6.07, 6.45) is 0. The molecule has 2 aromatic rings. The Labute approximate surface area is 168 Å². The number of piperazine rings is 1. The molecular formula is C19H26N4O2S2. The number of hydrogen-bond donors (Lipinski definition) is 0. The molecule has 1 saturated heterocycles. The Morgan fingerprint density at radius 3 is 2.41 bits per heavy atom. The number of thiophene rings is 1. The van der Waals surface area contributed by atoms with Crippen molar-refractivity contribution < 1.29 is 9.59 Å². The van der Waals surface area contributed by atoms with Gasteiger partial charge in [-0.1, -0.05) is 13.8 Å². The summed E-state index contributed by atoms with van der Waals surface area (Å²) >= 11 is 3.08. The van der Waals surface area contributed by atoms with Crippen LogP contribution in [-0.4, -0.2) is 77.3 Å². The lowest BCUT2D eigenvalue weighted by Crippen LogP contribution is -2.52. The van der Waals surface area contributed by atoms with Crippen LogP contribution in [0.3, 0.4) is 0 Å². The van der Waals surface area contributed by atoms with Crippen molar-refractivity contribution in [3.8, 4) is 10.6 Å². The summed E-state index contributed by atoms with van der Waals surface area (Å²) in [7, 11) is 0. The highest BCUT2D eigenvalue weighted by atomic mass is 32.1. The van der Waals surface area contributed by atoms with Crippen LogP contribution in [0, 0.1) is 6.92 Å². The minimum absolute atomic E-state index is 0.0299.